The molecule has 6 heteroatoms. The number of hydrogen-bond acceptors (Lipinski definition) is 4. The van der Waals surface area contributed by atoms with E-state index in [0.717, 1.165) is 5.69 Å². The van der Waals surface area contributed by atoms with Crippen molar-refractivity contribution >= 4 is 15.7 Å². The molecule has 1 aromatic carbocycles. The molecular weight excluding hydrogens is 276 g/mol. The molecule has 5 nitrogen and oxygen atoms in total. The summed E-state index contributed by atoms with van der Waals surface area (Å²) >= 11 is 0. The van der Waals surface area contributed by atoms with Crippen LogP contribution in [0.2, 0.25) is 0 Å². The fourth-order valence-corrected chi connectivity index (χ4v) is 2.88. The second kappa shape index (κ2) is 6.49. The third kappa shape index (κ3) is 4.04. The van der Waals surface area contributed by atoms with E-state index in [-0.39, 0.29) is 12.4 Å². The summed E-state index contributed by atoms with van der Waals surface area (Å²) in [5.74, 6) is -0.0518. The SMILES string of the molecule is O=S(=O)(CCc1ccccn1)Nc1ccccc1CO. The summed E-state index contributed by atoms with van der Waals surface area (Å²) in [5, 5.41) is 9.18. The summed E-state index contributed by atoms with van der Waals surface area (Å²) in [6.45, 7) is -0.209. The molecule has 0 aliphatic heterocycles. The molecule has 2 aromatic rings. The molecule has 106 valence electrons. The molecule has 0 bridgehead atoms. The van der Waals surface area contributed by atoms with Gasteiger partial charge in [-0.3, -0.25) is 9.71 Å². The summed E-state index contributed by atoms with van der Waals surface area (Å²) in [5.41, 5.74) is 1.69. The second-order valence-electron chi connectivity index (χ2n) is 4.31. The third-order valence-corrected chi connectivity index (χ3v) is 4.08. The Hall–Kier alpha value is -1.92. The van der Waals surface area contributed by atoms with E-state index < -0.39 is 10.0 Å². The van der Waals surface area contributed by atoms with Crippen LogP contribution >= 0.6 is 0 Å². The van der Waals surface area contributed by atoms with E-state index >= 15 is 0 Å². The summed E-state index contributed by atoms with van der Waals surface area (Å²) < 4.78 is 26.5. The Balaban J connectivity index is 2.04. The molecule has 0 atom stereocenters. The van der Waals surface area contributed by atoms with E-state index in [2.05, 4.69) is 9.71 Å². The van der Waals surface area contributed by atoms with Crippen LogP contribution in [-0.2, 0) is 23.1 Å². The van der Waals surface area contributed by atoms with Gasteiger partial charge in [-0.25, -0.2) is 8.42 Å². The van der Waals surface area contributed by atoms with Gasteiger partial charge in [-0.05, 0) is 18.2 Å². The van der Waals surface area contributed by atoms with Crippen LogP contribution in [-0.4, -0.2) is 24.3 Å². The Bertz CT molecular complexity index is 657. The average molecular weight is 292 g/mol. The van der Waals surface area contributed by atoms with Crippen LogP contribution in [0, 0.1) is 0 Å². The number of benzene rings is 1. The van der Waals surface area contributed by atoms with Gasteiger partial charge < -0.3 is 5.11 Å². The number of aryl methyl sites for hydroxylation is 1. The van der Waals surface area contributed by atoms with E-state index in [1.54, 1.807) is 42.6 Å². The van der Waals surface area contributed by atoms with Gasteiger partial charge in [-0.1, -0.05) is 24.3 Å². The molecule has 1 heterocycles. The number of aromatic nitrogens is 1. The maximum absolute atomic E-state index is 12.0. The van der Waals surface area contributed by atoms with Crippen molar-refractivity contribution in [3.63, 3.8) is 0 Å². The highest BCUT2D eigenvalue weighted by Gasteiger charge is 2.13. The number of para-hydroxylation sites is 1. The number of aliphatic hydroxyl groups excluding tert-OH is 1. The lowest BCUT2D eigenvalue weighted by atomic mass is 10.2. The Morgan fingerprint density at radius 3 is 2.55 bits per heavy atom. The fraction of sp³-hybridized carbons (Fsp3) is 0.214. The minimum absolute atomic E-state index is 0.0518. The first-order chi connectivity index (χ1) is 9.61. The van der Waals surface area contributed by atoms with Gasteiger partial charge in [-0.15, -0.1) is 0 Å². The molecule has 1 aromatic heterocycles. The van der Waals surface area contributed by atoms with Crippen molar-refractivity contribution < 1.29 is 13.5 Å². The van der Waals surface area contributed by atoms with Gasteiger partial charge in [-0.2, -0.15) is 0 Å². The average Bonchev–Trinajstić information content (AvgIpc) is 2.47. The van der Waals surface area contributed by atoms with Gasteiger partial charge in [0.1, 0.15) is 0 Å². The molecule has 2 rings (SSSR count). The predicted octanol–water partition coefficient (Wildman–Crippen LogP) is 1.56. The van der Waals surface area contributed by atoms with Gasteiger partial charge >= 0.3 is 0 Å². The highest BCUT2D eigenvalue weighted by Crippen LogP contribution is 2.16. The highest BCUT2D eigenvalue weighted by atomic mass is 32.2. The van der Waals surface area contributed by atoms with Gasteiger partial charge in [0.05, 0.1) is 18.0 Å². The normalized spacial score (nSPS) is 11.2. The van der Waals surface area contributed by atoms with E-state index in [1.807, 2.05) is 6.07 Å². The lowest BCUT2D eigenvalue weighted by Crippen LogP contribution is -2.19. The molecular formula is C14H16N2O3S. The lowest BCUT2D eigenvalue weighted by Gasteiger charge is -2.11. The van der Waals surface area contributed by atoms with Crippen molar-refractivity contribution in [3.05, 3.63) is 59.9 Å². The van der Waals surface area contributed by atoms with Crippen molar-refractivity contribution in [2.45, 2.75) is 13.0 Å². The lowest BCUT2D eigenvalue weighted by molar-refractivity contribution is 0.282. The monoisotopic (exact) mass is 292 g/mol. The molecule has 0 aliphatic carbocycles. The van der Waals surface area contributed by atoms with Gasteiger partial charge in [0.25, 0.3) is 0 Å². The first-order valence-electron chi connectivity index (χ1n) is 6.20. The Labute approximate surface area is 118 Å². The standard InChI is InChI=1S/C14H16N2O3S/c17-11-12-5-1-2-7-14(12)16-20(18,19)10-8-13-6-3-4-9-15-13/h1-7,9,16-17H,8,10-11H2. The molecule has 0 fully saturated rings. The van der Waals surface area contributed by atoms with E-state index in [9.17, 15) is 13.5 Å². The summed E-state index contributed by atoms with van der Waals surface area (Å²) in [4.78, 5) is 4.09. The molecule has 0 saturated carbocycles. The molecule has 2 N–H and O–H groups in total. The minimum atomic E-state index is -3.47. The largest absolute Gasteiger partial charge is 0.392 e. The van der Waals surface area contributed by atoms with Gasteiger partial charge in [0.15, 0.2) is 0 Å². The van der Waals surface area contributed by atoms with Crippen LogP contribution in [0.1, 0.15) is 11.3 Å². The maximum Gasteiger partial charge on any atom is 0.233 e. The first-order valence-corrected chi connectivity index (χ1v) is 7.85. The molecule has 0 unspecified atom stereocenters. The highest BCUT2D eigenvalue weighted by molar-refractivity contribution is 7.92. The number of pyridine rings is 1. The van der Waals surface area contributed by atoms with Crippen molar-refractivity contribution in [1.29, 1.82) is 0 Å². The van der Waals surface area contributed by atoms with Crippen molar-refractivity contribution in [3.8, 4) is 0 Å². The minimum Gasteiger partial charge on any atom is -0.392 e. The molecule has 0 radical (unpaired) electrons. The van der Waals surface area contributed by atoms with Crippen molar-refractivity contribution in [1.82, 2.24) is 4.98 Å². The predicted molar refractivity (Wildman–Crippen MR) is 77.7 cm³/mol. The molecule has 0 saturated heterocycles. The molecule has 0 aliphatic rings. The van der Waals surface area contributed by atoms with Crippen LogP contribution in [0.25, 0.3) is 0 Å². The van der Waals surface area contributed by atoms with Gasteiger partial charge in [0, 0.05) is 23.9 Å². The molecule has 20 heavy (non-hydrogen) atoms. The van der Waals surface area contributed by atoms with E-state index in [1.165, 1.54) is 0 Å². The van der Waals surface area contributed by atoms with Crippen molar-refractivity contribution in [2.75, 3.05) is 10.5 Å². The quantitative estimate of drug-likeness (QED) is 0.847. The number of aliphatic hydroxyl groups is 1. The number of nitrogens with one attached hydrogen (secondary N) is 1. The summed E-state index contributed by atoms with van der Waals surface area (Å²) in [6.07, 6.45) is 1.98. The van der Waals surface area contributed by atoms with Crippen LogP contribution in [0.3, 0.4) is 0 Å². The van der Waals surface area contributed by atoms with Crippen molar-refractivity contribution in [2.24, 2.45) is 0 Å². The zero-order valence-electron chi connectivity index (χ0n) is 10.9. The maximum atomic E-state index is 12.0. The third-order valence-electron chi connectivity index (χ3n) is 2.81. The Morgan fingerprint density at radius 2 is 1.85 bits per heavy atom. The molecule has 0 amide bonds. The van der Waals surface area contributed by atoms with E-state index in [0.29, 0.717) is 17.7 Å². The zero-order valence-corrected chi connectivity index (χ0v) is 11.7. The topological polar surface area (TPSA) is 79.3 Å². The number of sulfonamides is 1. The zero-order chi connectivity index (χ0) is 14.4. The van der Waals surface area contributed by atoms with Crippen LogP contribution in [0.5, 0.6) is 0 Å². The number of hydrogen-bond donors (Lipinski definition) is 2. The fourth-order valence-electron chi connectivity index (χ4n) is 1.76. The van der Waals surface area contributed by atoms with Crippen LogP contribution in [0.15, 0.2) is 48.7 Å². The second-order valence-corrected chi connectivity index (χ2v) is 6.15. The summed E-state index contributed by atoms with van der Waals surface area (Å²) in [7, 11) is -3.47. The number of rotatable bonds is 6. The first kappa shape index (κ1) is 14.5. The smallest absolute Gasteiger partial charge is 0.233 e. The Kier molecular flexibility index (Phi) is 4.70. The number of nitrogens with zero attached hydrogens (tertiary/aromatic N) is 1. The molecule has 0 spiro atoms. The Morgan fingerprint density at radius 1 is 1.10 bits per heavy atom. The summed E-state index contributed by atoms with van der Waals surface area (Å²) in [6, 6.07) is 12.2. The number of anilines is 1. The van der Waals surface area contributed by atoms with Crippen LogP contribution < -0.4 is 4.72 Å². The van der Waals surface area contributed by atoms with Crippen LogP contribution in [0.4, 0.5) is 5.69 Å². The van der Waals surface area contributed by atoms with E-state index in [4.69, 9.17) is 0 Å². The van der Waals surface area contributed by atoms with Gasteiger partial charge in [0.2, 0.25) is 10.0 Å².